The predicted octanol–water partition coefficient (Wildman–Crippen LogP) is 2.84. The van der Waals surface area contributed by atoms with Crippen molar-refractivity contribution in [1.29, 1.82) is 0 Å². The third-order valence-electron chi connectivity index (χ3n) is 3.63. The molecule has 110 valence electrons. The molecule has 6 heteroatoms. The van der Waals surface area contributed by atoms with Gasteiger partial charge in [0, 0.05) is 25.5 Å². The second-order valence-electron chi connectivity index (χ2n) is 4.99. The van der Waals surface area contributed by atoms with E-state index in [0.717, 1.165) is 13.0 Å². The first-order valence-electron chi connectivity index (χ1n) is 6.81. The topological polar surface area (TPSA) is 63.2 Å². The highest BCUT2D eigenvalue weighted by molar-refractivity contribution is 5.40. The van der Waals surface area contributed by atoms with Crippen molar-refractivity contribution < 1.29 is 14.6 Å². The van der Waals surface area contributed by atoms with Crippen LogP contribution in [0.5, 0.6) is 11.6 Å². The zero-order valence-electron chi connectivity index (χ0n) is 11.8. The van der Waals surface area contributed by atoms with Crippen molar-refractivity contribution in [3.8, 4) is 11.6 Å². The van der Waals surface area contributed by atoms with E-state index in [2.05, 4.69) is 4.98 Å². The third-order valence-corrected chi connectivity index (χ3v) is 3.63. The van der Waals surface area contributed by atoms with Gasteiger partial charge in [-0.1, -0.05) is 13.8 Å². The number of hydrogen-bond acceptors (Lipinski definition) is 3. The Kier molecular flexibility index (Phi) is 4.32. The van der Waals surface area contributed by atoms with Crippen LogP contribution in [-0.4, -0.2) is 24.3 Å². The standard InChI is InChI=1S/C14H20FN3O2/c1-3-10(2)12-11(15)13(19)14(20)18(12)7-4-6-17-8-5-16-9-17/h5,8-10,19-20H,3-4,6-7H2,1-2H3. The Morgan fingerprint density at radius 3 is 2.70 bits per heavy atom. The predicted molar refractivity (Wildman–Crippen MR) is 73.3 cm³/mol. The summed E-state index contributed by atoms with van der Waals surface area (Å²) in [7, 11) is 0. The van der Waals surface area contributed by atoms with Gasteiger partial charge in [-0.3, -0.25) is 0 Å². The highest BCUT2D eigenvalue weighted by atomic mass is 19.1. The van der Waals surface area contributed by atoms with E-state index in [4.69, 9.17) is 0 Å². The summed E-state index contributed by atoms with van der Waals surface area (Å²) in [6, 6.07) is 0. The second kappa shape index (κ2) is 5.98. The van der Waals surface area contributed by atoms with Gasteiger partial charge in [-0.05, 0) is 18.8 Å². The van der Waals surface area contributed by atoms with E-state index in [0.29, 0.717) is 18.7 Å². The number of aromatic hydroxyl groups is 2. The van der Waals surface area contributed by atoms with Crippen molar-refractivity contribution in [2.75, 3.05) is 0 Å². The smallest absolute Gasteiger partial charge is 0.238 e. The van der Waals surface area contributed by atoms with Crippen LogP contribution in [0.25, 0.3) is 0 Å². The van der Waals surface area contributed by atoms with Gasteiger partial charge in [0.05, 0.1) is 12.0 Å². The summed E-state index contributed by atoms with van der Waals surface area (Å²) < 4.78 is 17.4. The fourth-order valence-electron chi connectivity index (χ4n) is 2.31. The molecule has 1 atom stereocenters. The lowest BCUT2D eigenvalue weighted by Gasteiger charge is -2.14. The average molecular weight is 281 g/mol. The Hall–Kier alpha value is -1.98. The molecule has 0 aliphatic heterocycles. The summed E-state index contributed by atoms with van der Waals surface area (Å²) in [5.41, 5.74) is 0.369. The van der Waals surface area contributed by atoms with Crippen molar-refractivity contribution in [3.63, 3.8) is 0 Å². The molecule has 2 aromatic heterocycles. The molecule has 0 amide bonds. The number of nitrogens with zero attached hydrogens (tertiary/aromatic N) is 3. The highest BCUT2D eigenvalue weighted by Crippen LogP contribution is 2.38. The van der Waals surface area contributed by atoms with Crippen molar-refractivity contribution in [2.24, 2.45) is 0 Å². The molecule has 0 saturated carbocycles. The molecule has 0 aliphatic carbocycles. The molecule has 0 radical (unpaired) electrons. The maximum absolute atomic E-state index is 14.0. The Labute approximate surface area is 117 Å². The fraction of sp³-hybridized carbons (Fsp3) is 0.500. The molecule has 1 unspecified atom stereocenters. The van der Waals surface area contributed by atoms with Gasteiger partial charge in [0.2, 0.25) is 11.6 Å². The molecule has 0 spiro atoms. The van der Waals surface area contributed by atoms with Gasteiger partial charge < -0.3 is 19.3 Å². The SMILES string of the molecule is CCC(C)c1c(F)c(O)c(O)n1CCCn1ccnc1. The molecule has 2 aromatic rings. The zero-order chi connectivity index (χ0) is 14.7. The Bertz CT molecular complexity index is 563. The summed E-state index contributed by atoms with van der Waals surface area (Å²) in [4.78, 5) is 3.95. The van der Waals surface area contributed by atoms with Crippen molar-refractivity contribution >= 4 is 0 Å². The van der Waals surface area contributed by atoms with E-state index >= 15 is 0 Å². The van der Waals surface area contributed by atoms with Crippen LogP contribution in [0.1, 0.15) is 38.3 Å². The fourth-order valence-corrected chi connectivity index (χ4v) is 2.31. The molecule has 0 saturated heterocycles. The van der Waals surface area contributed by atoms with Crippen LogP contribution in [0.4, 0.5) is 4.39 Å². The summed E-state index contributed by atoms with van der Waals surface area (Å²) in [5.74, 6) is -1.80. The molecular formula is C14H20FN3O2. The van der Waals surface area contributed by atoms with Gasteiger partial charge in [-0.25, -0.2) is 9.37 Å². The Morgan fingerprint density at radius 2 is 2.10 bits per heavy atom. The summed E-state index contributed by atoms with van der Waals surface area (Å²) in [6.07, 6.45) is 6.71. The number of aryl methyl sites for hydroxylation is 1. The molecule has 0 aliphatic rings. The van der Waals surface area contributed by atoms with Crippen molar-refractivity contribution in [2.45, 2.75) is 45.7 Å². The van der Waals surface area contributed by atoms with E-state index in [1.165, 1.54) is 4.57 Å². The Balaban J connectivity index is 2.15. The van der Waals surface area contributed by atoms with Gasteiger partial charge in [0.1, 0.15) is 0 Å². The number of aromatic nitrogens is 3. The first-order chi connectivity index (χ1) is 9.56. The van der Waals surface area contributed by atoms with E-state index in [9.17, 15) is 14.6 Å². The average Bonchev–Trinajstić information content (AvgIpc) is 3.02. The minimum absolute atomic E-state index is 0.0601. The highest BCUT2D eigenvalue weighted by Gasteiger charge is 2.25. The van der Waals surface area contributed by atoms with Crippen LogP contribution >= 0.6 is 0 Å². The van der Waals surface area contributed by atoms with E-state index in [1.807, 2.05) is 24.6 Å². The lowest BCUT2D eigenvalue weighted by Crippen LogP contribution is -2.09. The zero-order valence-corrected chi connectivity index (χ0v) is 11.8. The molecule has 0 fully saturated rings. The lowest BCUT2D eigenvalue weighted by atomic mass is 10.0. The van der Waals surface area contributed by atoms with Gasteiger partial charge in [-0.2, -0.15) is 0 Å². The minimum Gasteiger partial charge on any atom is -0.501 e. The maximum Gasteiger partial charge on any atom is 0.238 e. The van der Waals surface area contributed by atoms with Gasteiger partial charge in [-0.15, -0.1) is 0 Å². The number of halogens is 1. The molecule has 20 heavy (non-hydrogen) atoms. The van der Waals surface area contributed by atoms with Crippen LogP contribution < -0.4 is 0 Å². The monoisotopic (exact) mass is 281 g/mol. The minimum atomic E-state index is -0.709. The molecule has 2 heterocycles. The largest absolute Gasteiger partial charge is 0.501 e. The molecule has 0 bridgehead atoms. The Morgan fingerprint density at radius 1 is 1.35 bits per heavy atom. The number of imidazole rings is 1. The van der Waals surface area contributed by atoms with E-state index in [-0.39, 0.29) is 11.8 Å². The molecule has 0 aromatic carbocycles. The van der Waals surface area contributed by atoms with Crippen molar-refractivity contribution in [1.82, 2.24) is 14.1 Å². The van der Waals surface area contributed by atoms with Gasteiger partial charge >= 0.3 is 0 Å². The molecule has 2 N–H and O–H groups in total. The first kappa shape index (κ1) is 14.4. The second-order valence-corrected chi connectivity index (χ2v) is 4.99. The van der Waals surface area contributed by atoms with Crippen LogP contribution in [0, 0.1) is 5.82 Å². The summed E-state index contributed by atoms with van der Waals surface area (Å²) >= 11 is 0. The van der Waals surface area contributed by atoms with Crippen LogP contribution in [0.15, 0.2) is 18.7 Å². The van der Waals surface area contributed by atoms with Crippen LogP contribution in [-0.2, 0) is 13.1 Å². The van der Waals surface area contributed by atoms with Crippen LogP contribution in [0.3, 0.4) is 0 Å². The summed E-state index contributed by atoms with van der Waals surface area (Å²) in [5, 5.41) is 19.4. The first-order valence-corrected chi connectivity index (χ1v) is 6.81. The normalized spacial score (nSPS) is 12.8. The molecular weight excluding hydrogens is 261 g/mol. The lowest BCUT2D eigenvalue weighted by molar-refractivity contribution is 0.359. The van der Waals surface area contributed by atoms with Gasteiger partial charge in [0.25, 0.3) is 0 Å². The van der Waals surface area contributed by atoms with Crippen LogP contribution in [0.2, 0.25) is 0 Å². The molecule has 2 rings (SSSR count). The van der Waals surface area contributed by atoms with E-state index < -0.39 is 11.6 Å². The van der Waals surface area contributed by atoms with Gasteiger partial charge in [0.15, 0.2) is 5.82 Å². The van der Waals surface area contributed by atoms with Crippen molar-refractivity contribution in [3.05, 3.63) is 30.2 Å². The number of rotatable bonds is 6. The quantitative estimate of drug-likeness (QED) is 0.855. The molecule has 5 nitrogen and oxygen atoms in total. The third kappa shape index (κ3) is 2.64. The number of hydrogen-bond donors (Lipinski definition) is 2. The maximum atomic E-state index is 14.0. The van der Waals surface area contributed by atoms with E-state index in [1.54, 1.807) is 12.5 Å². The summed E-state index contributed by atoms with van der Waals surface area (Å²) in [6.45, 7) is 4.99.